The topological polar surface area (TPSA) is 53.9 Å². The summed E-state index contributed by atoms with van der Waals surface area (Å²) in [4.78, 5) is 17.9. The molecule has 1 aliphatic rings. The highest BCUT2D eigenvalue weighted by atomic mass is 127. The van der Waals surface area contributed by atoms with Gasteiger partial charge in [-0.3, -0.25) is 9.79 Å². The van der Waals surface area contributed by atoms with Gasteiger partial charge in [0, 0.05) is 33.1 Å². The summed E-state index contributed by atoms with van der Waals surface area (Å²) in [5, 5.41) is 3.46. The Bertz CT molecular complexity index is 551. The first-order chi connectivity index (χ1) is 12.2. The SMILES string of the molecule is CN=C(NCCCCCC(=O)OC)N1CCC(Cc2ccccc2)C1.I. The molecule has 26 heavy (non-hydrogen) atoms. The van der Waals surface area contributed by atoms with Gasteiger partial charge in [0.2, 0.25) is 0 Å². The van der Waals surface area contributed by atoms with E-state index in [0.717, 1.165) is 51.3 Å². The summed E-state index contributed by atoms with van der Waals surface area (Å²) < 4.78 is 4.65. The lowest BCUT2D eigenvalue weighted by Crippen LogP contribution is -2.40. The van der Waals surface area contributed by atoms with Crippen molar-refractivity contribution in [3.05, 3.63) is 35.9 Å². The molecule has 1 fully saturated rings. The van der Waals surface area contributed by atoms with Gasteiger partial charge in [-0.1, -0.05) is 36.8 Å². The number of carbonyl (C=O) groups excluding carboxylic acids is 1. The van der Waals surface area contributed by atoms with Crippen molar-refractivity contribution in [1.82, 2.24) is 10.2 Å². The third-order valence-corrected chi connectivity index (χ3v) is 4.73. The lowest BCUT2D eigenvalue weighted by atomic mass is 9.99. The van der Waals surface area contributed by atoms with Crippen LogP contribution in [0.25, 0.3) is 0 Å². The number of benzene rings is 1. The van der Waals surface area contributed by atoms with Gasteiger partial charge in [-0.2, -0.15) is 0 Å². The van der Waals surface area contributed by atoms with Crippen LogP contribution in [-0.2, 0) is 16.0 Å². The summed E-state index contributed by atoms with van der Waals surface area (Å²) in [6.07, 6.45) is 5.82. The van der Waals surface area contributed by atoms with E-state index in [1.54, 1.807) is 0 Å². The number of hydrogen-bond acceptors (Lipinski definition) is 3. The van der Waals surface area contributed by atoms with Crippen molar-refractivity contribution in [2.45, 2.75) is 38.5 Å². The number of carbonyl (C=O) groups is 1. The van der Waals surface area contributed by atoms with Crippen LogP contribution >= 0.6 is 24.0 Å². The van der Waals surface area contributed by atoms with Crippen molar-refractivity contribution in [3.63, 3.8) is 0 Å². The molecule has 146 valence electrons. The number of halogens is 1. The van der Waals surface area contributed by atoms with Gasteiger partial charge in [0.1, 0.15) is 0 Å². The summed E-state index contributed by atoms with van der Waals surface area (Å²) in [7, 11) is 3.29. The van der Waals surface area contributed by atoms with Gasteiger partial charge in [0.05, 0.1) is 7.11 Å². The molecule has 0 radical (unpaired) electrons. The number of aliphatic imine (C=N–C) groups is 1. The van der Waals surface area contributed by atoms with Crippen LogP contribution in [0.2, 0.25) is 0 Å². The second-order valence-electron chi connectivity index (χ2n) is 6.65. The fraction of sp³-hybridized carbons (Fsp3) is 0.600. The Kier molecular flexibility index (Phi) is 11.3. The fourth-order valence-electron chi connectivity index (χ4n) is 3.34. The van der Waals surface area contributed by atoms with E-state index in [2.05, 4.69) is 50.3 Å². The summed E-state index contributed by atoms with van der Waals surface area (Å²) in [5.74, 6) is 1.58. The molecule has 1 saturated heterocycles. The number of likely N-dealkylation sites (tertiary alicyclic amines) is 1. The third-order valence-electron chi connectivity index (χ3n) is 4.73. The molecule has 1 heterocycles. The maximum atomic E-state index is 11.1. The van der Waals surface area contributed by atoms with E-state index in [4.69, 9.17) is 0 Å². The number of methoxy groups -OCH3 is 1. The highest BCUT2D eigenvalue weighted by Gasteiger charge is 2.24. The van der Waals surface area contributed by atoms with Crippen molar-refractivity contribution in [2.75, 3.05) is 33.8 Å². The van der Waals surface area contributed by atoms with E-state index in [-0.39, 0.29) is 29.9 Å². The Morgan fingerprint density at radius 3 is 2.73 bits per heavy atom. The molecular weight excluding hydrogens is 441 g/mol. The van der Waals surface area contributed by atoms with Crippen molar-refractivity contribution in [3.8, 4) is 0 Å². The maximum absolute atomic E-state index is 11.1. The Balaban J connectivity index is 0.00000338. The number of nitrogens with zero attached hydrogens (tertiary/aromatic N) is 2. The first kappa shape index (κ1) is 22.7. The third kappa shape index (κ3) is 7.93. The van der Waals surface area contributed by atoms with Crippen LogP contribution in [-0.4, -0.2) is 50.6 Å². The minimum absolute atomic E-state index is 0. The molecule has 0 spiro atoms. The first-order valence-corrected chi connectivity index (χ1v) is 9.29. The number of hydrogen-bond donors (Lipinski definition) is 1. The molecule has 0 saturated carbocycles. The smallest absolute Gasteiger partial charge is 0.305 e. The van der Waals surface area contributed by atoms with E-state index < -0.39 is 0 Å². The summed E-state index contributed by atoms with van der Waals surface area (Å²) in [6.45, 7) is 3.03. The van der Waals surface area contributed by atoms with Crippen LogP contribution in [0.5, 0.6) is 0 Å². The molecule has 1 atom stereocenters. The minimum atomic E-state index is -0.120. The number of rotatable bonds is 8. The molecule has 0 amide bonds. The van der Waals surface area contributed by atoms with E-state index in [9.17, 15) is 4.79 Å². The fourth-order valence-corrected chi connectivity index (χ4v) is 3.34. The molecule has 1 unspecified atom stereocenters. The number of nitrogens with one attached hydrogen (secondary N) is 1. The van der Waals surface area contributed by atoms with Crippen molar-refractivity contribution in [2.24, 2.45) is 10.9 Å². The quantitative estimate of drug-likeness (QED) is 0.207. The molecule has 5 nitrogen and oxygen atoms in total. The molecule has 0 bridgehead atoms. The molecule has 1 aliphatic heterocycles. The van der Waals surface area contributed by atoms with Gasteiger partial charge >= 0.3 is 5.97 Å². The van der Waals surface area contributed by atoms with Crippen LogP contribution in [0.15, 0.2) is 35.3 Å². The molecule has 1 aromatic carbocycles. The van der Waals surface area contributed by atoms with E-state index >= 15 is 0 Å². The van der Waals surface area contributed by atoms with Crippen LogP contribution < -0.4 is 5.32 Å². The molecule has 0 aliphatic carbocycles. The average molecular weight is 473 g/mol. The van der Waals surface area contributed by atoms with Crippen LogP contribution in [0.1, 0.15) is 37.7 Å². The van der Waals surface area contributed by atoms with Crippen molar-refractivity contribution in [1.29, 1.82) is 0 Å². The average Bonchev–Trinajstić information content (AvgIpc) is 3.10. The standard InChI is InChI=1S/C20H31N3O2.HI/c1-21-20(22-13-8-4-7-11-19(24)25-2)23-14-12-18(16-23)15-17-9-5-3-6-10-17;/h3,5-6,9-10,18H,4,7-8,11-16H2,1-2H3,(H,21,22);1H. The highest BCUT2D eigenvalue weighted by molar-refractivity contribution is 14.0. The molecular formula is C20H32IN3O2. The van der Waals surface area contributed by atoms with Crippen LogP contribution in [0.4, 0.5) is 0 Å². The number of ether oxygens (including phenoxy) is 1. The van der Waals surface area contributed by atoms with Gasteiger partial charge in [-0.05, 0) is 37.2 Å². The number of guanidine groups is 1. The maximum Gasteiger partial charge on any atom is 0.305 e. The molecule has 0 aromatic heterocycles. The summed E-state index contributed by atoms with van der Waals surface area (Å²) in [5.41, 5.74) is 1.42. The first-order valence-electron chi connectivity index (χ1n) is 9.29. The van der Waals surface area contributed by atoms with Crippen LogP contribution in [0, 0.1) is 5.92 Å². The van der Waals surface area contributed by atoms with Gasteiger partial charge in [0.15, 0.2) is 5.96 Å². The number of unbranched alkanes of at least 4 members (excludes halogenated alkanes) is 2. The van der Waals surface area contributed by atoms with Gasteiger partial charge in [-0.15, -0.1) is 24.0 Å². The predicted molar refractivity (Wildman–Crippen MR) is 117 cm³/mol. The van der Waals surface area contributed by atoms with E-state index in [0.29, 0.717) is 12.3 Å². The summed E-state index contributed by atoms with van der Waals surface area (Å²) in [6, 6.07) is 10.7. The molecule has 6 heteroatoms. The highest BCUT2D eigenvalue weighted by Crippen LogP contribution is 2.20. The predicted octanol–water partition coefficient (Wildman–Crippen LogP) is 3.48. The summed E-state index contributed by atoms with van der Waals surface area (Å²) >= 11 is 0. The van der Waals surface area contributed by atoms with Crippen molar-refractivity contribution < 1.29 is 9.53 Å². The molecule has 1 N–H and O–H groups in total. The zero-order valence-electron chi connectivity index (χ0n) is 15.9. The Hall–Kier alpha value is -1.31. The van der Waals surface area contributed by atoms with E-state index in [1.165, 1.54) is 19.1 Å². The van der Waals surface area contributed by atoms with Crippen LogP contribution in [0.3, 0.4) is 0 Å². The zero-order valence-corrected chi connectivity index (χ0v) is 18.3. The molecule has 2 rings (SSSR count). The van der Waals surface area contributed by atoms with Gasteiger partial charge in [-0.25, -0.2) is 0 Å². The normalized spacial score (nSPS) is 16.9. The monoisotopic (exact) mass is 473 g/mol. The van der Waals surface area contributed by atoms with Gasteiger partial charge < -0.3 is 15.0 Å². The molecule has 1 aromatic rings. The zero-order chi connectivity index (χ0) is 17.9. The largest absolute Gasteiger partial charge is 0.469 e. The Morgan fingerprint density at radius 2 is 2.04 bits per heavy atom. The minimum Gasteiger partial charge on any atom is -0.469 e. The lowest BCUT2D eigenvalue weighted by molar-refractivity contribution is -0.140. The second-order valence-corrected chi connectivity index (χ2v) is 6.65. The van der Waals surface area contributed by atoms with Gasteiger partial charge in [0.25, 0.3) is 0 Å². The second kappa shape index (κ2) is 12.9. The lowest BCUT2D eigenvalue weighted by Gasteiger charge is -2.21. The Labute approximate surface area is 174 Å². The number of esters is 1. The van der Waals surface area contributed by atoms with E-state index in [1.807, 2.05) is 7.05 Å². The van der Waals surface area contributed by atoms with Crippen molar-refractivity contribution >= 4 is 35.9 Å². The Morgan fingerprint density at radius 1 is 1.27 bits per heavy atom.